The molecular weight excluding hydrogens is 466 g/mol. The zero-order valence-corrected chi connectivity index (χ0v) is 20.8. The first-order chi connectivity index (χ1) is 16.8. The van der Waals surface area contributed by atoms with E-state index < -0.39 is 23.7 Å². The van der Waals surface area contributed by atoms with Crippen molar-refractivity contribution in [1.29, 1.82) is 5.26 Å². The monoisotopic (exact) mass is 493 g/mol. The molecule has 1 aliphatic heterocycles. The van der Waals surface area contributed by atoms with Gasteiger partial charge in [-0.2, -0.15) is 5.26 Å². The highest BCUT2D eigenvalue weighted by molar-refractivity contribution is 8.03. The van der Waals surface area contributed by atoms with Gasteiger partial charge in [0, 0.05) is 17.2 Å². The van der Waals surface area contributed by atoms with Crippen LogP contribution in [0.2, 0.25) is 0 Å². The summed E-state index contributed by atoms with van der Waals surface area (Å²) in [6.45, 7) is 5.68. The normalized spacial score (nSPS) is 17.3. The number of aryl methyl sites for hydroxylation is 2. The van der Waals surface area contributed by atoms with Gasteiger partial charge in [-0.1, -0.05) is 36.0 Å². The molecule has 0 unspecified atom stereocenters. The molecule has 182 valence electrons. The molecule has 1 aliphatic rings. The molecule has 0 aromatic heterocycles. The van der Waals surface area contributed by atoms with E-state index >= 15 is 0 Å². The molecule has 0 aliphatic carbocycles. The quantitative estimate of drug-likeness (QED) is 0.424. The predicted molar refractivity (Wildman–Crippen MR) is 134 cm³/mol. The van der Waals surface area contributed by atoms with Crippen molar-refractivity contribution in [3.8, 4) is 11.8 Å². The Labute approximate surface area is 208 Å². The van der Waals surface area contributed by atoms with Crippen molar-refractivity contribution in [3.05, 3.63) is 69.8 Å². The maximum absolute atomic E-state index is 13.1. The number of thioether (sulfide) groups is 1. The molecule has 2 aromatic rings. The second-order valence-corrected chi connectivity index (χ2v) is 8.91. The summed E-state index contributed by atoms with van der Waals surface area (Å²) in [5.74, 6) is -3.43. The molecule has 2 atom stereocenters. The van der Waals surface area contributed by atoms with Crippen molar-refractivity contribution in [2.75, 3.05) is 24.8 Å². The second-order valence-electron chi connectivity index (χ2n) is 7.93. The molecule has 2 aromatic carbocycles. The molecule has 0 radical (unpaired) electrons. The Hall–Kier alpha value is -3.77. The molecule has 1 heterocycles. The fourth-order valence-electron chi connectivity index (χ4n) is 3.84. The lowest BCUT2D eigenvalue weighted by Gasteiger charge is -2.31. The summed E-state index contributed by atoms with van der Waals surface area (Å²) >= 11 is 1.03. The number of benzene rings is 2. The van der Waals surface area contributed by atoms with E-state index in [4.69, 9.17) is 9.47 Å². The minimum absolute atomic E-state index is 0.0452. The van der Waals surface area contributed by atoms with E-state index in [9.17, 15) is 19.6 Å². The van der Waals surface area contributed by atoms with Gasteiger partial charge in [-0.15, -0.1) is 0 Å². The number of methoxy groups -OCH3 is 1. The molecule has 0 saturated carbocycles. The van der Waals surface area contributed by atoms with Crippen LogP contribution in [0, 0.1) is 31.1 Å². The molecular formula is C26H27N3O5S. The van der Waals surface area contributed by atoms with Gasteiger partial charge in [-0.3, -0.25) is 14.4 Å². The zero-order chi connectivity index (χ0) is 25.5. The number of para-hydroxylation sites is 1. The number of carbonyl (C=O) groups is 3. The van der Waals surface area contributed by atoms with Crippen molar-refractivity contribution in [2.45, 2.75) is 26.7 Å². The van der Waals surface area contributed by atoms with Gasteiger partial charge < -0.3 is 20.1 Å². The minimum atomic E-state index is -1.27. The smallest absolute Gasteiger partial charge is 0.319 e. The summed E-state index contributed by atoms with van der Waals surface area (Å²) < 4.78 is 10.6. The number of amides is 2. The molecule has 2 amide bonds. The number of ether oxygens (including phenoxy) is 2. The second kappa shape index (κ2) is 11.6. The lowest BCUT2D eigenvalue weighted by molar-refractivity contribution is -0.152. The topological polar surface area (TPSA) is 118 Å². The molecule has 9 heteroatoms. The van der Waals surface area contributed by atoms with Crippen LogP contribution < -0.4 is 15.4 Å². The number of rotatable bonds is 8. The van der Waals surface area contributed by atoms with Crippen molar-refractivity contribution < 1.29 is 23.9 Å². The Morgan fingerprint density at radius 3 is 2.57 bits per heavy atom. The van der Waals surface area contributed by atoms with E-state index in [-0.39, 0.29) is 28.9 Å². The lowest BCUT2D eigenvalue weighted by Crippen LogP contribution is -2.44. The van der Waals surface area contributed by atoms with E-state index in [1.54, 1.807) is 31.2 Å². The Morgan fingerprint density at radius 2 is 1.91 bits per heavy atom. The number of allylic oxidation sites excluding steroid dienone is 1. The fourth-order valence-corrected chi connectivity index (χ4v) is 4.69. The summed E-state index contributed by atoms with van der Waals surface area (Å²) in [6, 6.07) is 14.7. The highest BCUT2D eigenvalue weighted by atomic mass is 32.2. The molecule has 0 fully saturated rings. The number of carbonyl (C=O) groups excluding carboxylic acids is 3. The van der Waals surface area contributed by atoms with Crippen LogP contribution >= 0.6 is 11.8 Å². The van der Waals surface area contributed by atoms with E-state index in [2.05, 4.69) is 16.7 Å². The van der Waals surface area contributed by atoms with Crippen LogP contribution in [0.4, 0.5) is 5.69 Å². The van der Waals surface area contributed by atoms with Crippen molar-refractivity contribution in [3.63, 3.8) is 0 Å². The van der Waals surface area contributed by atoms with Crippen LogP contribution in [0.5, 0.6) is 5.75 Å². The first kappa shape index (κ1) is 25.8. The largest absolute Gasteiger partial charge is 0.496 e. The number of hydrogen-bond acceptors (Lipinski definition) is 7. The molecule has 0 bridgehead atoms. The minimum Gasteiger partial charge on any atom is -0.496 e. The first-order valence-corrected chi connectivity index (χ1v) is 12.0. The van der Waals surface area contributed by atoms with Gasteiger partial charge in [0.2, 0.25) is 11.8 Å². The number of nitrogens with zero attached hydrogens (tertiary/aromatic N) is 1. The number of nitriles is 1. The molecule has 0 saturated heterocycles. The van der Waals surface area contributed by atoms with E-state index in [1.165, 1.54) is 7.11 Å². The van der Waals surface area contributed by atoms with Crippen LogP contribution in [0.25, 0.3) is 0 Å². The summed E-state index contributed by atoms with van der Waals surface area (Å²) in [7, 11) is 1.48. The zero-order valence-electron chi connectivity index (χ0n) is 20.0. The van der Waals surface area contributed by atoms with Gasteiger partial charge in [-0.25, -0.2) is 0 Å². The average molecular weight is 494 g/mol. The maximum Gasteiger partial charge on any atom is 0.319 e. The summed E-state index contributed by atoms with van der Waals surface area (Å²) in [5, 5.41) is 15.8. The lowest BCUT2D eigenvalue weighted by atomic mass is 9.78. The number of nitrogens with one attached hydrogen (secondary N) is 2. The fraction of sp³-hybridized carbons (Fsp3) is 0.308. The molecule has 0 spiro atoms. The van der Waals surface area contributed by atoms with Crippen molar-refractivity contribution >= 4 is 35.2 Å². The SMILES string of the molecule is CCOC(=O)[C@H]1C(=O)NC(SCC(=O)Nc2ccc(C)c(C)c2)=C(C#N)[C@@H]1c1ccccc1OC. The molecule has 8 nitrogen and oxygen atoms in total. The standard InChI is InChI=1S/C26H27N3O5S/c1-5-34-26(32)23-22(18-8-6-7-9-20(18)33-4)19(13-27)25(29-24(23)31)35-14-21(30)28-17-11-10-15(2)16(3)12-17/h6-12,22-23H,5,14H2,1-4H3,(H,28,30)(H,29,31)/t22-,23+/m0/s1. The van der Waals surface area contributed by atoms with Crippen LogP contribution in [-0.2, 0) is 19.1 Å². The molecule has 35 heavy (non-hydrogen) atoms. The maximum atomic E-state index is 13.1. The van der Waals surface area contributed by atoms with Gasteiger partial charge in [0.05, 0.1) is 36.1 Å². The van der Waals surface area contributed by atoms with E-state index in [1.807, 2.05) is 32.0 Å². The third-order valence-electron chi connectivity index (χ3n) is 5.68. The Bertz CT molecular complexity index is 1220. The van der Waals surface area contributed by atoms with Gasteiger partial charge in [0.1, 0.15) is 11.7 Å². The Kier molecular flexibility index (Phi) is 8.55. The number of esters is 1. The van der Waals surface area contributed by atoms with Crippen LogP contribution in [0.1, 0.15) is 29.5 Å². The van der Waals surface area contributed by atoms with Crippen molar-refractivity contribution in [2.24, 2.45) is 5.92 Å². The first-order valence-electron chi connectivity index (χ1n) is 11.0. The van der Waals surface area contributed by atoms with E-state index in [0.717, 1.165) is 22.9 Å². The number of hydrogen-bond donors (Lipinski definition) is 2. The van der Waals surface area contributed by atoms with Crippen molar-refractivity contribution in [1.82, 2.24) is 5.32 Å². The third-order valence-corrected chi connectivity index (χ3v) is 6.70. The van der Waals surface area contributed by atoms with Gasteiger partial charge in [0.25, 0.3) is 0 Å². The summed E-state index contributed by atoms with van der Waals surface area (Å²) in [4.78, 5) is 38.4. The van der Waals surface area contributed by atoms with Crippen LogP contribution in [0.15, 0.2) is 53.1 Å². The van der Waals surface area contributed by atoms with Gasteiger partial charge in [0.15, 0.2) is 0 Å². The van der Waals surface area contributed by atoms with E-state index in [0.29, 0.717) is 17.0 Å². The molecule has 3 rings (SSSR count). The van der Waals surface area contributed by atoms with Crippen LogP contribution in [-0.4, -0.2) is 37.3 Å². The molecule has 2 N–H and O–H groups in total. The van der Waals surface area contributed by atoms with Gasteiger partial charge in [-0.05, 0) is 50.1 Å². The average Bonchev–Trinajstić information content (AvgIpc) is 2.84. The summed E-state index contributed by atoms with van der Waals surface area (Å²) in [6.07, 6.45) is 0. The summed E-state index contributed by atoms with van der Waals surface area (Å²) in [5.41, 5.74) is 3.50. The third kappa shape index (κ3) is 5.84. The number of anilines is 1. The van der Waals surface area contributed by atoms with Crippen LogP contribution in [0.3, 0.4) is 0 Å². The van der Waals surface area contributed by atoms with Gasteiger partial charge >= 0.3 is 5.97 Å². The Morgan fingerprint density at radius 1 is 1.17 bits per heavy atom. The highest BCUT2D eigenvalue weighted by Crippen LogP contribution is 2.43. The predicted octanol–water partition coefficient (Wildman–Crippen LogP) is 3.81. The highest BCUT2D eigenvalue weighted by Gasteiger charge is 2.45. The Balaban J connectivity index is 1.92.